The molecule has 0 radical (unpaired) electrons. The minimum atomic E-state index is -0.323. The van der Waals surface area contributed by atoms with E-state index in [2.05, 4.69) is 10.2 Å². The zero-order chi connectivity index (χ0) is 22.1. The molecule has 31 heavy (non-hydrogen) atoms. The molecule has 1 aliphatic heterocycles. The number of ketones is 1. The van der Waals surface area contributed by atoms with Gasteiger partial charge in [-0.3, -0.25) is 23.9 Å². The first-order chi connectivity index (χ1) is 14.8. The highest BCUT2D eigenvalue weighted by Gasteiger charge is 2.21. The second-order valence-corrected chi connectivity index (χ2v) is 9.25. The van der Waals surface area contributed by atoms with E-state index in [9.17, 15) is 14.4 Å². The third kappa shape index (κ3) is 4.45. The van der Waals surface area contributed by atoms with E-state index in [-0.39, 0.29) is 23.8 Å². The summed E-state index contributed by atoms with van der Waals surface area (Å²) in [6, 6.07) is 6.80. The van der Waals surface area contributed by atoms with Crippen LogP contribution in [-0.2, 0) is 17.9 Å². The van der Waals surface area contributed by atoms with Crippen LogP contribution in [0.15, 0.2) is 29.1 Å². The van der Waals surface area contributed by atoms with E-state index in [0.29, 0.717) is 29.0 Å². The third-order valence-corrected chi connectivity index (χ3v) is 6.89. The van der Waals surface area contributed by atoms with Crippen LogP contribution in [0.2, 0.25) is 0 Å². The summed E-state index contributed by atoms with van der Waals surface area (Å²) in [6.07, 6.45) is 2.27. The lowest BCUT2D eigenvalue weighted by molar-refractivity contribution is -0.116. The van der Waals surface area contributed by atoms with E-state index in [1.165, 1.54) is 22.8 Å². The Morgan fingerprint density at radius 1 is 1.19 bits per heavy atom. The smallest absolute Gasteiger partial charge is 0.263 e. The van der Waals surface area contributed by atoms with Gasteiger partial charge in [0.25, 0.3) is 5.56 Å². The molecule has 0 spiro atoms. The fraction of sp³-hybridized carbons (Fsp3) is 0.391. The molecule has 7 nitrogen and oxygen atoms in total. The summed E-state index contributed by atoms with van der Waals surface area (Å²) in [5.41, 5.74) is 1.81. The Balaban J connectivity index is 1.67. The number of nitrogens with zero attached hydrogens (tertiary/aromatic N) is 3. The van der Waals surface area contributed by atoms with Gasteiger partial charge in [0.05, 0.1) is 11.9 Å². The number of thiophene rings is 1. The van der Waals surface area contributed by atoms with Crippen molar-refractivity contribution in [2.24, 2.45) is 0 Å². The van der Waals surface area contributed by atoms with Gasteiger partial charge in [0, 0.05) is 16.1 Å². The maximum Gasteiger partial charge on any atom is 0.263 e. The Morgan fingerprint density at radius 3 is 2.65 bits per heavy atom. The Kier molecular flexibility index (Phi) is 6.02. The Bertz CT molecular complexity index is 1220. The molecule has 1 amide bonds. The van der Waals surface area contributed by atoms with Gasteiger partial charge in [-0.1, -0.05) is 12.1 Å². The first-order valence-electron chi connectivity index (χ1n) is 10.5. The number of nitrogens with one attached hydrogen (secondary N) is 1. The van der Waals surface area contributed by atoms with Gasteiger partial charge in [-0.2, -0.15) is 0 Å². The van der Waals surface area contributed by atoms with Crippen molar-refractivity contribution in [3.63, 3.8) is 0 Å². The number of hydrogen-bond acceptors (Lipinski definition) is 6. The second kappa shape index (κ2) is 8.72. The lowest BCUT2D eigenvalue weighted by Gasteiger charge is -2.18. The topological polar surface area (TPSA) is 84.3 Å². The van der Waals surface area contributed by atoms with Gasteiger partial charge < -0.3 is 5.32 Å². The molecule has 0 bridgehead atoms. The number of aromatic nitrogens is 2. The molecule has 3 heterocycles. The van der Waals surface area contributed by atoms with Crippen LogP contribution >= 0.6 is 11.3 Å². The first kappa shape index (κ1) is 21.4. The van der Waals surface area contributed by atoms with Crippen LogP contribution in [0.5, 0.6) is 0 Å². The van der Waals surface area contributed by atoms with Gasteiger partial charge in [-0.25, -0.2) is 4.98 Å². The van der Waals surface area contributed by atoms with Gasteiger partial charge in [0.1, 0.15) is 17.2 Å². The van der Waals surface area contributed by atoms with Crippen molar-refractivity contribution in [3.8, 4) is 0 Å². The van der Waals surface area contributed by atoms with Crippen molar-refractivity contribution in [3.05, 3.63) is 56.4 Å². The fourth-order valence-electron chi connectivity index (χ4n) is 3.95. The van der Waals surface area contributed by atoms with Gasteiger partial charge >= 0.3 is 0 Å². The van der Waals surface area contributed by atoms with Crippen LogP contribution in [0.4, 0.5) is 5.69 Å². The number of carbonyl (C=O) groups excluding carboxylic acids is 2. The molecule has 1 N–H and O–H groups in total. The lowest BCUT2D eigenvalue weighted by atomic mass is 10.1. The van der Waals surface area contributed by atoms with Crippen molar-refractivity contribution in [1.29, 1.82) is 0 Å². The quantitative estimate of drug-likeness (QED) is 0.596. The SMILES string of the molecule is CC(=O)c1cccc(NC(=O)Cn2c(CN3CCCC3)nc3sc(C)c(C)c3c2=O)c1. The number of benzene rings is 1. The minimum absolute atomic E-state index is 0.0711. The summed E-state index contributed by atoms with van der Waals surface area (Å²) in [5, 5.41) is 3.41. The van der Waals surface area contributed by atoms with E-state index in [4.69, 9.17) is 4.98 Å². The monoisotopic (exact) mass is 438 g/mol. The number of amides is 1. The summed E-state index contributed by atoms with van der Waals surface area (Å²) < 4.78 is 1.50. The maximum atomic E-state index is 13.4. The molecule has 4 rings (SSSR count). The summed E-state index contributed by atoms with van der Waals surface area (Å²) in [4.78, 5) is 46.7. The highest BCUT2D eigenvalue weighted by atomic mass is 32.1. The largest absolute Gasteiger partial charge is 0.325 e. The fourth-order valence-corrected chi connectivity index (χ4v) is 4.99. The van der Waals surface area contributed by atoms with E-state index < -0.39 is 0 Å². The molecule has 162 valence electrons. The molecular weight excluding hydrogens is 412 g/mol. The number of aryl methyl sites for hydroxylation is 2. The van der Waals surface area contributed by atoms with Crippen LogP contribution < -0.4 is 10.9 Å². The van der Waals surface area contributed by atoms with Crippen LogP contribution in [0.1, 0.15) is 46.4 Å². The van der Waals surface area contributed by atoms with E-state index in [0.717, 1.165) is 41.2 Å². The number of carbonyl (C=O) groups is 2. The van der Waals surface area contributed by atoms with Crippen molar-refractivity contribution < 1.29 is 9.59 Å². The molecule has 0 saturated carbocycles. The molecule has 2 aromatic heterocycles. The molecule has 1 fully saturated rings. The van der Waals surface area contributed by atoms with Crippen LogP contribution in [0.3, 0.4) is 0 Å². The summed E-state index contributed by atoms with van der Waals surface area (Å²) in [7, 11) is 0. The minimum Gasteiger partial charge on any atom is -0.325 e. The van der Waals surface area contributed by atoms with E-state index in [1.54, 1.807) is 24.3 Å². The van der Waals surface area contributed by atoms with Crippen LogP contribution in [0, 0.1) is 13.8 Å². The van der Waals surface area contributed by atoms with Crippen molar-refractivity contribution in [2.75, 3.05) is 18.4 Å². The highest BCUT2D eigenvalue weighted by molar-refractivity contribution is 7.18. The highest BCUT2D eigenvalue weighted by Crippen LogP contribution is 2.27. The zero-order valence-corrected chi connectivity index (χ0v) is 18.8. The van der Waals surface area contributed by atoms with Gasteiger partial charge in [-0.05, 0) is 64.4 Å². The molecule has 0 aliphatic carbocycles. The normalized spacial score (nSPS) is 14.3. The standard InChI is InChI=1S/C23H26N4O3S/c1-14-16(3)31-22-21(14)23(30)27(19(25-22)12-26-9-4-5-10-26)13-20(29)24-18-8-6-7-17(11-18)15(2)28/h6-8,11H,4-5,9-10,12-13H2,1-3H3,(H,24,29). The number of rotatable bonds is 6. The lowest BCUT2D eigenvalue weighted by Crippen LogP contribution is -2.33. The van der Waals surface area contributed by atoms with Crippen molar-refractivity contribution >= 4 is 38.9 Å². The summed E-state index contributed by atoms with van der Waals surface area (Å²) in [5.74, 6) is 0.225. The predicted molar refractivity (Wildman–Crippen MR) is 123 cm³/mol. The molecule has 3 aromatic rings. The van der Waals surface area contributed by atoms with Crippen LogP contribution in [-0.4, -0.2) is 39.2 Å². The van der Waals surface area contributed by atoms with Gasteiger partial charge in [0.2, 0.25) is 5.91 Å². The summed E-state index contributed by atoms with van der Waals surface area (Å²) >= 11 is 1.52. The molecule has 8 heteroatoms. The van der Waals surface area contributed by atoms with E-state index in [1.807, 2.05) is 13.8 Å². The first-order valence-corrected chi connectivity index (χ1v) is 11.3. The third-order valence-electron chi connectivity index (χ3n) is 5.79. The number of Topliss-reactive ketones (excluding diaryl/α,β-unsaturated/α-hetero) is 1. The molecule has 1 aromatic carbocycles. The average molecular weight is 439 g/mol. The van der Waals surface area contributed by atoms with Gasteiger partial charge in [0.15, 0.2) is 5.78 Å². The average Bonchev–Trinajstić information content (AvgIpc) is 3.33. The number of likely N-dealkylation sites (tertiary alicyclic amines) is 1. The van der Waals surface area contributed by atoms with Crippen molar-refractivity contribution in [1.82, 2.24) is 14.5 Å². The second-order valence-electron chi connectivity index (χ2n) is 8.05. The Morgan fingerprint density at radius 2 is 1.94 bits per heavy atom. The molecule has 0 atom stereocenters. The molecule has 1 aliphatic rings. The predicted octanol–water partition coefficient (Wildman–Crippen LogP) is 3.51. The molecule has 0 unspecified atom stereocenters. The molecule has 1 saturated heterocycles. The number of fused-ring (bicyclic) bond motifs is 1. The van der Waals surface area contributed by atoms with Crippen molar-refractivity contribution in [2.45, 2.75) is 46.7 Å². The number of anilines is 1. The Hall–Kier alpha value is -2.84. The van der Waals surface area contributed by atoms with Crippen LogP contribution in [0.25, 0.3) is 10.2 Å². The van der Waals surface area contributed by atoms with Gasteiger partial charge in [-0.15, -0.1) is 11.3 Å². The number of hydrogen-bond donors (Lipinski definition) is 1. The summed E-state index contributed by atoms with van der Waals surface area (Å²) in [6.45, 7) is 7.77. The van der Waals surface area contributed by atoms with E-state index >= 15 is 0 Å². The zero-order valence-electron chi connectivity index (χ0n) is 18.0. The molecular formula is C23H26N4O3S. The Labute approximate surface area is 184 Å². The maximum absolute atomic E-state index is 13.4.